The van der Waals surface area contributed by atoms with Gasteiger partial charge in [-0.1, -0.05) is 6.07 Å². The first-order valence-electron chi connectivity index (χ1n) is 8.46. The van der Waals surface area contributed by atoms with Crippen molar-refractivity contribution in [3.8, 4) is 5.75 Å². The van der Waals surface area contributed by atoms with Crippen LogP contribution in [0.4, 0.5) is 5.69 Å². The molecule has 0 fully saturated rings. The third-order valence-electron chi connectivity index (χ3n) is 3.66. The average Bonchev–Trinajstić information content (AvgIpc) is 2.63. The first-order valence-corrected chi connectivity index (χ1v) is 9.90. The van der Waals surface area contributed by atoms with E-state index in [4.69, 9.17) is 9.47 Å². The summed E-state index contributed by atoms with van der Waals surface area (Å²) in [6.45, 7) is 6.31. The minimum absolute atomic E-state index is 0.157. The fourth-order valence-electron chi connectivity index (χ4n) is 2.50. The summed E-state index contributed by atoms with van der Waals surface area (Å²) < 4.78 is 37.6. The molecular formula is C19H23NO5S. The number of anilines is 1. The van der Waals surface area contributed by atoms with Crippen LogP contribution in [0.15, 0.2) is 53.4 Å². The van der Waals surface area contributed by atoms with E-state index in [1.807, 2.05) is 6.92 Å². The lowest BCUT2D eigenvalue weighted by molar-refractivity contribution is 0.0526. The van der Waals surface area contributed by atoms with Gasteiger partial charge in [0.25, 0.3) is 10.0 Å². The van der Waals surface area contributed by atoms with Crippen LogP contribution < -0.4 is 9.04 Å². The van der Waals surface area contributed by atoms with E-state index in [0.29, 0.717) is 23.6 Å². The Bertz CT molecular complexity index is 846. The van der Waals surface area contributed by atoms with Gasteiger partial charge in [0.15, 0.2) is 0 Å². The van der Waals surface area contributed by atoms with Gasteiger partial charge in [0.05, 0.1) is 29.4 Å². The highest BCUT2D eigenvalue weighted by atomic mass is 32.2. The molecule has 0 aliphatic carbocycles. The Hall–Kier alpha value is -2.54. The topological polar surface area (TPSA) is 72.9 Å². The van der Waals surface area contributed by atoms with Crippen LogP contribution in [0.25, 0.3) is 0 Å². The first kappa shape index (κ1) is 19.8. The second kappa shape index (κ2) is 8.71. The molecule has 0 unspecified atom stereocenters. The van der Waals surface area contributed by atoms with Gasteiger partial charge in [-0.2, -0.15) is 0 Å². The normalized spacial score (nSPS) is 11.0. The quantitative estimate of drug-likeness (QED) is 0.659. The Morgan fingerprint density at radius 1 is 1.00 bits per heavy atom. The van der Waals surface area contributed by atoms with E-state index < -0.39 is 16.0 Å². The summed E-state index contributed by atoms with van der Waals surface area (Å²) in [4.78, 5) is 12.1. The van der Waals surface area contributed by atoms with Crippen molar-refractivity contribution >= 4 is 21.7 Å². The van der Waals surface area contributed by atoms with Crippen LogP contribution in [-0.4, -0.2) is 34.1 Å². The smallest absolute Gasteiger partial charge is 0.338 e. The number of carbonyl (C=O) groups excluding carboxylic acids is 1. The van der Waals surface area contributed by atoms with Gasteiger partial charge >= 0.3 is 5.97 Å². The fraction of sp³-hybridized carbons (Fsp3) is 0.316. The maximum Gasteiger partial charge on any atom is 0.338 e. The summed E-state index contributed by atoms with van der Waals surface area (Å²) in [5.74, 6) is 0.127. The van der Waals surface area contributed by atoms with Crippen molar-refractivity contribution in [3.63, 3.8) is 0 Å². The molecule has 0 N–H and O–H groups in total. The lowest BCUT2D eigenvalue weighted by atomic mass is 10.2. The molecule has 0 spiro atoms. The molecule has 140 valence electrons. The molecule has 0 amide bonds. The summed E-state index contributed by atoms with van der Waals surface area (Å²) in [6.07, 6.45) is 0. The van der Waals surface area contributed by atoms with Crippen LogP contribution in [0.1, 0.15) is 31.1 Å². The van der Waals surface area contributed by atoms with Crippen LogP contribution in [-0.2, 0) is 14.8 Å². The van der Waals surface area contributed by atoms with Crippen LogP contribution >= 0.6 is 0 Å². The summed E-state index contributed by atoms with van der Waals surface area (Å²) in [5.41, 5.74) is 0.719. The number of hydrogen-bond acceptors (Lipinski definition) is 5. The molecule has 2 aromatic rings. The van der Waals surface area contributed by atoms with Gasteiger partial charge in [0, 0.05) is 6.54 Å². The van der Waals surface area contributed by atoms with E-state index in [1.54, 1.807) is 44.2 Å². The van der Waals surface area contributed by atoms with Crippen LogP contribution in [0.2, 0.25) is 0 Å². The fourth-order valence-corrected chi connectivity index (χ4v) is 3.96. The molecule has 0 radical (unpaired) electrons. The Labute approximate surface area is 154 Å². The molecule has 0 saturated carbocycles. The SMILES string of the molecule is CCOC(=O)c1cccc(N(CC)S(=O)(=O)c2ccc(OCC)cc2)c1. The average molecular weight is 377 g/mol. The number of nitrogens with zero attached hydrogens (tertiary/aromatic N) is 1. The van der Waals surface area contributed by atoms with Gasteiger partial charge in [0.1, 0.15) is 5.75 Å². The third-order valence-corrected chi connectivity index (χ3v) is 5.57. The molecule has 26 heavy (non-hydrogen) atoms. The summed E-state index contributed by atoms with van der Waals surface area (Å²) in [6, 6.07) is 12.7. The van der Waals surface area contributed by atoms with Crippen LogP contribution in [0, 0.1) is 0 Å². The largest absolute Gasteiger partial charge is 0.494 e. The van der Waals surface area contributed by atoms with Crippen molar-refractivity contribution in [2.45, 2.75) is 25.7 Å². The Morgan fingerprint density at radius 2 is 1.69 bits per heavy atom. The van der Waals surface area contributed by atoms with E-state index in [0.717, 1.165) is 0 Å². The molecule has 0 heterocycles. The Kier molecular flexibility index (Phi) is 6.63. The zero-order valence-electron chi connectivity index (χ0n) is 15.1. The number of benzene rings is 2. The Morgan fingerprint density at radius 3 is 2.27 bits per heavy atom. The van der Waals surface area contributed by atoms with Gasteiger partial charge < -0.3 is 9.47 Å². The highest BCUT2D eigenvalue weighted by Crippen LogP contribution is 2.26. The monoisotopic (exact) mass is 377 g/mol. The van der Waals surface area contributed by atoms with Crippen molar-refractivity contribution in [3.05, 3.63) is 54.1 Å². The van der Waals surface area contributed by atoms with Crippen molar-refractivity contribution in [2.24, 2.45) is 0 Å². The number of sulfonamides is 1. The number of rotatable bonds is 8. The van der Waals surface area contributed by atoms with Crippen LogP contribution in [0.3, 0.4) is 0 Å². The predicted octanol–water partition coefficient (Wildman–Crippen LogP) is 3.48. The highest BCUT2D eigenvalue weighted by Gasteiger charge is 2.24. The van der Waals surface area contributed by atoms with E-state index in [2.05, 4.69) is 0 Å². The molecule has 0 aliphatic heterocycles. The van der Waals surface area contributed by atoms with E-state index in [9.17, 15) is 13.2 Å². The summed E-state index contributed by atoms with van der Waals surface area (Å²) >= 11 is 0. The molecule has 0 aliphatic rings. The molecule has 0 saturated heterocycles. The Balaban J connectivity index is 2.37. The number of esters is 1. The van der Waals surface area contributed by atoms with Crippen molar-refractivity contribution in [1.29, 1.82) is 0 Å². The van der Waals surface area contributed by atoms with E-state index >= 15 is 0 Å². The standard InChI is InChI=1S/C19H23NO5S/c1-4-20(16-9-7-8-15(14-16)19(21)25-6-3)26(22,23)18-12-10-17(11-13-18)24-5-2/h7-14H,4-6H2,1-3H3. The van der Waals surface area contributed by atoms with Crippen molar-refractivity contribution in [1.82, 2.24) is 0 Å². The number of ether oxygens (including phenoxy) is 2. The summed E-state index contributed by atoms with van der Waals surface area (Å²) in [5, 5.41) is 0. The molecule has 2 rings (SSSR count). The van der Waals surface area contributed by atoms with Crippen LogP contribution in [0.5, 0.6) is 5.75 Å². The number of carbonyl (C=O) groups is 1. The molecule has 2 aromatic carbocycles. The lowest BCUT2D eigenvalue weighted by Gasteiger charge is -2.23. The van der Waals surface area contributed by atoms with E-state index in [-0.39, 0.29) is 18.0 Å². The van der Waals surface area contributed by atoms with E-state index in [1.165, 1.54) is 22.5 Å². The van der Waals surface area contributed by atoms with Gasteiger partial charge in [0.2, 0.25) is 0 Å². The molecule has 0 atom stereocenters. The summed E-state index contributed by atoms with van der Waals surface area (Å²) in [7, 11) is -3.76. The zero-order chi connectivity index (χ0) is 19.2. The van der Waals surface area contributed by atoms with Gasteiger partial charge in [-0.25, -0.2) is 13.2 Å². The molecule has 0 bridgehead atoms. The van der Waals surface area contributed by atoms with Gasteiger partial charge in [-0.05, 0) is 63.2 Å². The predicted molar refractivity (Wildman–Crippen MR) is 100 cm³/mol. The molecule has 0 aromatic heterocycles. The maximum absolute atomic E-state index is 13.0. The third kappa shape index (κ3) is 4.35. The van der Waals surface area contributed by atoms with Crippen molar-refractivity contribution < 1.29 is 22.7 Å². The number of hydrogen-bond donors (Lipinski definition) is 0. The highest BCUT2D eigenvalue weighted by molar-refractivity contribution is 7.92. The van der Waals surface area contributed by atoms with Crippen molar-refractivity contribution in [2.75, 3.05) is 24.1 Å². The van der Waals surface area contributed by atoms with Gasteiger partial charge in [-0.15, -0.1) is 0 Å². The molecule has 7 heteroatoms. The zero-order valence-corrected chi connectivity index (χ0v) is 16.0. The molecule has 6 nitrogen and oxygen atoms in total. The second-order valence-electron chi connectivity index (χ2n) is 5.35. The second-order valence-corrected chi connectivity index (χ2v) is 7.21. The molecular weight excluding hydrogens is 354 g/mol. The van der Waals surface area contributed by atoms with Gasteiger partial charge in [-0.3, -0.25) is 4.31 Å². The lowest BCUT2D eigenvalue weighted by Crippen LogP contribution is -2.31. The maximum atomic E-state index is 13.0. The minimum Gasteiger partial charge on any atom is -0.494 e. The first-order chi connectivity index (χ1) is 12.4. The minimum atomic E-state index is -3.76.